The van der Waals surface area contributed by atoms with Crippen molar-refractivity contribution in [2.75, 3.05) is 12.4 Å². The van der Waals surface area contributed by atoms with E-state index in [-0.39, 0.29) is 11.4 Å². The average Bonchev–Trinajstić information content (AvgIpc) is 3.06. The second kappa shape index (κ2) is 7.12. The van der Waals surface area contributed by atoms with Gasteiger partial charge in [0.25, 0.3) is 5.91 Å². The molecule has 2 aromatic rings. The number of thiazole rings is 1. The topological polar surface area (TPSA) is 116 Å². The molecule has 0 saturated carbocycles. The van der Waals surface area contributed by atoms with Gasteiger partial charge in [-0.3, -0.25) is 4.79 Å². The fraction of sp³-hybridized carbons (Fsp3) is 0.267. The number of aromatic nitrogens is 1. The van der Waals surface area contributed by atoms with Gasteiger partial charge in [0, 0.05) is 12.4 Å². The smallest absolute Gasteiger partial charge is 0.534 e. The molecule has 1 amide bonds. The van der Waals surface area contributed by atoms with Gasteiger partial charge in [0.05, 0.1) is 5.94 Å². The first kappa shape index (κ1) is 17.2. The van der Waals surface area contributed by atoms with Crippen molar-refractivity contribution < 1.29 is 19.7 Å². The first-order valence-electron chi connectivity index (χ1n) is 7.63. The first-order chi connectivity index (χ1) is 12.0. The van der Waals surface area contributed by atoms with Crippen LogP contribution in [-0.4, -0.2) is 46.9 Å². The van der Waals surface area contributed by atoms with E-state index in [2.05, 4.69) is 20.8 Å². The molecule has 2 heterocycles. The molecule has 0 spiro atoms. The number of benzene rings is 1. The fourth-order valence-corrected chi connectivity index (χ4v) is 3.31. The quantitative estimate of drug-likeness (QED) is 0.278. The maximum Gasteiger partial charge on any atom is 0.547 e. The number of oxime groups is 1. The van der Waals surface area contributed by atoms with Gasteiger partial charge in [-0.25, -0.2) is 4.98 Å². The lowest BCUT2D eigenvalue weighted by Crippen LogP contribution is -2.54. The summed E-state index contributed by atoms with van der Waals surface area (Å²) < 4.78 is 5.53. The van der Waals surface area contributed by atoms with E-state index in [9.17, 15) is 15.0 Å². The minimum atomic E-state index is -1.19. The largest absolute Gasteiger partial charge is 0.547 e. The van der Waals surface area contributed by atoms with Crippen LogP contribution in [0.4, 0.5) is 5.13 Å². The summed E-state index contributed by atoms with van der Waals surface area (Å²) in [6.45, 7) is 1.89. The van der Waals surface area contributed by atoms with Crippen molar-refractivity contribution in [3.05, 3.63) is 40.4 Å². The summed E-state index contributed by atoms with van der Waals surface area (Å²) in [4.78, 5) is 16.6. The van der Waals surface area contributed by atoms with Gasteiger partial charge in [-0.1, -0.05) is 23.4 Å². The number of fused-ring (bicyclic) bond motifs is 1. The third-order valence-corrected chi connectivity index (χ3v) is 4.77. The number of carbonyl (C=O) groups is 1. The van der Waals surface area contributed by atoms with Crippen LogP contribution < -0.4 is 15.3 Å². The van der Waals surface area contributed by atoms with Gasteiger partial charge in [-0.15, -0.1) is 11.3 Å². The highest BCUT2D eigenvalue weighted by atomic mass is 32.1. The number of amides is 1. The maximum absolute atomic E-state index is 12.4. The Morgan fingerprint density at radius 2 is 2.32 bits per heavy atom. The predicted octanol–water partition coefficient (Wildman–Crippen LogP) is 0.811. The summed E-state index contributed by atoms with van der Waals surface area (Å²) in [6, 6.07) is 5.67. The highest BCUT2D eigenvalue weighted by Gasteiger charge is 2.37. The summed E-state index contributed by atoms with van der Waals surface area (Å²) >= 11 is 1.28. The molecule has 3 rings (SSSR count). The van der Waals surface area contributed by atoms with Crippen LogP contribution in [0, 0.1) is 6.92 Å². The van der Waals surface area contributed by atoms with Gasteiger partial charge >= 0.3 is 7.12 Å². The molecule has 0 bridgehead atoms. The van der Waals surface area contributed by atoms with Crippen molar-refractivity contribution in [2.24, 2.45) is 5.16 Å². The third-order valence-electron chi connectivity index (χ3n) is 3.91. The number of nitrogens with zero attached hydrogens (tertiary/aromatic N) is 2. The fourth-order valence-electron chi connectivity index (χ4n) is 2.65. The number of hydrogen-bond acceptors (Lipinski definition) is 8. The van der Waals surface area contributed by atoms with Crippen molar-refractivity contribution in [3.8, 4) is 5.75 Å². The average molecular weight is 360 g/mol. The Morgan fingerprint density at radius 3 is 3.00 bits per heavy atom. The lowest BCUT2D eigenvalue weighted by atomic mass is 9.72. The molecule has 1 atom stereocenters. The molecule has 0 radical (unpaired) electrons. The van der Waals surface area contributed by atoms with E-state index >= 15 is 0 Å². The van der Waals surface area contributed by atoms with Gasteiger partial charge in [0.1, 0.15) is 11.4 Å². The molecular formula is C15H17BN4O4S. The zero-order valence-electron chi connectivity index (χ0n) is 13.7. The Morgan fingerprint density at radius 1 is 1.52 bits per heavy atom. The number of nitrogens with one attached hydrogen (secondary N) is 2. The van der Waals surface area contributed by atoms with E-state index in [4.69, 9.17) is 4.65 Å². The van der Waals surface area contributed by atoms with Crippen molar-refractivity contribution in [1.82, 2.24) is 10.3 Å². The number of hydrogen-bond donors (Lipinski definition) is 4. The van der Waals surface area contributed by atoms with Crippen LogP contribution in [0.15, 0.2) is 28.7 Å². The molecule has 25 heavy (non-hydrogen) atoms. The minimum absolute atomic E-state index is 0.222. The normalized spacial score (nSPS) is 16.8. The molecule has 10 heteroatoms. The number of anilines is 1. The zero-order chi connectivity index (χ0) is 18.0. The van der Waals surface area contributed by atoms with Crippen LogP contribution in [0.1, 0.15) is 16.8 Å². The molecule has 0 fully saturated rings. The van der Waals surface area contributed by atoms with Gasteiger partial charge in [0.15, 0.2) is 10.8 Å². The Hall–Kier alpha value is -2.59. The molecule has 0 aliphatic carbocycles. The first-order valence-corrected chi connectivity index (χ1v) is 8.51. The summed E-state index contributed by atoms with van der Waals surface area (Å²) in [5.41, 5.74) is 1.84. The van der Waals surface area contributed by atoms with Crippen molar-refractivity contribution in [1.29, 1.82) is 0 Å². The molecule has 0 saturated heterocycles. The van der Waals surface area contributed by atoms with Crippen LogP contribution in [0.25, 0.3) is 0 Å². The summed E-state index contributed by atoms with van der Waals surface area (Å²) in [5, 5.41) is 30.1. The molecule has 4 N–H and O–H groups in total. The summed E-state index contributed by atoms with van der Waals surface area (Å²) in [6.07, 6.45) is 0.404. The van der Waals surface area contributed by atoms with E-state index in [1.807, 2.05) is 25.1 Å². The maximum atomic E-state index is 12.4. The molecule has 1 aliphatic rings. The Bertz CT molecular complexity index is 826. The Kier molecular flexibility index (Phi) is 4.91. The monoisotopic (exact) mass is 360 g/mol. The highest BCUT2D eigenvalue weighted by Crippen LogP contribution is 2.29. The van der Waals surface area contributed by atoms with Gasteiger partial charge in [-0.2, -0.15) is 0 Å². The van der Waals surface area contributed by atoms with Gasteiger partial charge in [-0.05, 0) is 24.5 Å². The number of para-hydroxylation sites is 1. The van der Waals surface area contributed by atoms with Crippen molar-refractivity contribution in [2.45, 2.75) is 19.3 Å². The highest BCUT2D eigenvalue weighted by molar-refractivity contribution is 7.14. The van der Waals surface area contributed by atoms with Gasteiger partial charge in [0.2, 0.25) is 0 Å². The van der Waals surface area contributed by atoms with Crippen molar-refractivity contribution >= 4 is 35.2 Å². The SMILES string of the molecule is CNc1nc(/C(=N/O)C(=O)N[C@H]2Cc3cccc(C)c3OB2O)cs1. The van der Waals surface area contributed by atoms with Crippen LogP contribution in [0.5, 0.6) is 5.75 Å². The van der Waals surface area contributed by atoms with E-state index in [1.165, 1.54) is 11.3 Å². The minimum Gasteiger partial charge on any atom is -0.534 e. The molecule has 130 valence electrons. The molecule has 1 aromatic heterocycles. The molecule has 0 unspecified atom stereocenters. The molecule has 1 aromatic carbocycles. The van der Waals surface area contributed by atoms with Crippen molar-refractivity contribution in [3.63, 3.8) is 0 Å². The lowest BCUT2D eigenvalue weighted by Gasteiger charge is -2.29. The Balaban J connectivity index is 1.76. The van der Waals surface area contributed by atoms with Crippen LogP contribution in [-0.2, 0) is 11.2 Å². The lowest BCUT2D eigenvalue weighted by molar-refractivity contribution is -0.115. The van der Waals surface area contributed by atoms with E-state index in [0.29, 0.717) is 17.3 Å². The second-order valence-corrected chi connectivity index (χ2v) is 6.45. The summed E-state index contributed by atoms with van der Waals surface area (Å²) in [7, 11) is 0.508. The molecular weight excluding hydrogens is 343 g/mol. The van der Waals surface area contributed by atoms with Crippen LogP contribution in [0.2, 0.25) is 0 Å². The van der Waals surface area contributed by atoms with E-state index < -0.39 is 19.0 Å². The second-order valence-electron chi connectivity index (χ2n) is 5.59. The predicted molar refractivity (Wildman–Crippen MR) is 95.4 cm³/mol. The number of aryl methyl sites for hydroxylation is 1. The van der Waals surface area contributed by atoms with E-state index in [1.54, 1.807) is 12.4 Å². The van der Waals surface area contributed by atoms with E-state index in [0.717, 1.165) is 11.1 Å². The number of rotatable bonds is 4. The third kappa shape index (κ3) is 3.44. The van der Waals surface area contributed by atoms with Crippen LogP contribution in [0.3, 0.4) is 0 Å². The van der Waals surface area contributed by atoms with Gasteiger partial charge < -0.3 is 25.5 Å². The van der Waals surface area contributed by atoms with Crippen LogP contribution >= 0.6 is 11.3 Å². The Labute approximate surface area is 148 Å². The number of carbonyl (C=O) groups excluding carboxylic acids is 1. The standard InChI is InChI=1S/C15H17BN4O4S/c1-8-4-3-5-9-6-11(16(22)24-13(8)9)19-14(21)12(20-23)10-7-25-15(17-2)18-10/h3-5,7,11,22-23H,6H2,1-2H3,(H,17,18)(H,19,21)/b20-12-/t11-/m0/s1. The molecule has 8 nitrogen and oxygen atoms in total. The zero-order valence-corrected chi connectivity index (χ0v) is 14.5. The molecule has 1 aliphatic heterocycles. The summed E-state index contributed by atoms with van der Waals surface area (Å²) in [5.74, 6) is -0.671.